The third kappa shape index (κ3) is 4.03. The lowest BCUT2D eigenvalue weighted by molar-refractivity contribution is -0.136. The van der Waals surface area contributed by atoms with Gasteiger partial charge in [0.2, 0.25) is 0 Å². The van der Waals surface area contributed by atoms with Crippen LogP contribution in [0.3, 0.4) is 0 Å². The number of carbonyl (C=O) groups is 2. The number of hydrogen-bond donors (Lipinski definition) is 2. The number of fused-ring (bicyclic) bond motifs is 1. The SMILES string of the molecule is O=C(NCCCn1ccnc1)C(=O)Nc1ccc2c(c1)OCCO2. The molecule has 2 heterocycles. The molecule has 1 aliphatic rings. The van der Waals surface area contributed by atoms with Gasteiger partial charge >= 0.3 is 11.8 Å². The van der Waals surface area contributed by atoms with Gasteiger partial charge in [0.05, 0.1) is 6.33 Å². The number of anilines is 1. The molecule has 8 heteroatoms. The van der Waals surface area contributed by atoms with E-state index in [1.165, 1.54) is 0 Å². The molecule has 1 aromatic heterocycles. The smallest absolute Gasteiger partial charge is 0.313 e. The fourth-order valence-electron chi connectivity index (χ4n) is 2.27. The Hall–Kier alpha value is -3.03. The highest BCUT2D eigenvalue weighted by atomic mass is 16.6. The van der Waals surface area contributed by atoms with E-state index in [0.717, 1.165) is 6.54 Å². The van der Waals surface area contributed by atoms with E-state index < -0.39 is 11.8 Å². The molecule has 126 valence electrons. The summed E-state index contributed by atoms with van der Waals surface area (Å²) < 4.78 is 12.7. The quantitative estimate of drug-likeness (QED) is 0.625. The molecule has 1 aromatic carbocycles. The lowest BCUT2D eigenvalue weighted by Gasteiger charge is -2.18. The summed E-state index contributed by atoms with van der Waals surface area (Å²) in [6.07, 6.45) is 5.95. The number of benzene rings is 1. The Morgan fingerprint density at radius 1 is 1.17 bits per heavy atom. The van der Waals surface area contributed by atoms with Gasteiger partial charge in [0, 0.05) is 37.2 Å². The Morgan fingerprint density at radius 3 is 2.79 bits per heavy atom. The first kappa shape index (κ1) is 15.9. The minimum atomic E-state index is -0.714. The number of carbonyl (C=O) groups excluding carboxylic acids is 2. The van der Waals surface area contributed by atoms with Crippen LogP contribution in [0.25, 0.3) is 0 Å². The molecule has 0 saturated carbocycles. The topological polar surface area (TPSA) is 94.5 Å². The molecule has 1 aliphatic heterocycles. The van der Waals surface area contributed by atoms with Gasteiger partial charge in [-0.05, 0) is 18.6 Å². The summed E-state index contributed by atoms with van der Waals surface area (Å²) in [6.45, 7) is 2.09. The fourth-order valence-corrected chi connectivity index (χ4v) is 2.27. The van der Waals surface area contributed by atoms with Gasteiger partial charge in [-0.15, -0.1) is 0 Å². The molecule has 0 bridgehead atoms. The van der Waals surface area contributed by atoms with Crippen molar-refractivity contribution in [1.82, 2.24) is 14.9 Å². The Balaban J connectivity index is 1.44. The van der Waals surface area contributed by atoms with Crippen molar-refractivity contribution >= 4 is 17.5 Å². The average molecular weight is 330 g/mol. The molecular weight excluding hydrogens is 312 g/mol. The van der Waals surface area contributed by atoms with E-state index in [4.69, 9.17) is 9.47 Å². The Labute approximate surface area is 138 Å². The average Bonchev–Trinajstić information content (AvgIpc) is 3.12. The normalized spacial score (nSPS) is 12.5. The van der Waals surface area contributed by atoms with Crippen LogP contribution in [0.2, 0.25) is 0 Å². The zero-order valence-corrected chi connectivity index (χ0v) is 13.0. The molecule has 0 atom stereocenters. The zero-order chi connectivity index (χ0) is 16.8. The minimum Gasteiger partial charge on any atom is -0.486 e. The molecule has 2 amide bonds. The summed E-state index contributed by atoms with van der Waals surface area (Å²) >= 11 is 0. The molecule has 24 heavy (non-hydrogen) atoms. The molecule has 3 rings (SSSR count). The number of rotatable bonds is 5. The van der Waals surface area contributed by atoms with Crippen LogP contribution >= 0.6 is 0 Å². The van der Waals surface area contributed by atoms with Gasteiger partial charge in [-0.1, -0.05) is 0 Å². The zero-order valence-electron chi connectivity index (χ0n) is 13.0. The standard InChI is InChI=1S/C16H18N4O4/c21-15(18-4-1-6-20-7-5-17-11-20)16(22)19-12-2-3-13-14(10-12)24-9-8-23-13/h2-3,5,7,10-11H,1,4,6,8-9H2,(H,18,21)(H,19,22). The summed E-state index contributed by atoms with van der Waals surface area (Å²) in [5.41, 5.74) is 0.484. The number of nitrogens with one attached hydrogen (secondary N) is 2. The first-order valence-electron chi connectivity index (χ1n) is 7.67. The third-order valence-electron chi connectivity index (χ3n) is 3.44. The van der Waals surface area contributed by atoms with Crippen molar-refractivity contribution in [3.05, 3.63) is 36.9 Å². The van der Waals surface area contributed by atoms with E-state index >= 15 is 0 Å². The highest BCUT2D eigenvalue weighted by molar-refractivity contribution is 6.39. The Kier molecular flexibility index (Phi) is 4.95. The molecule has 8 nitrogen and oxygen atoms in total. The number of imidazole rings is 1. The monoisotopic (exact) mass is 330 g/mol. The molecular formula is C16H18N4O4. The number of amides is 2. The molecule has 2 aromatic rings. The first-order chi connectivity index (χ1) is 11.7. The predicted molar refractivity (Wildman–Crippen MR) is 85.9 cm³/mol. The van der Waals surface area contributed by atoms with Crippen molar-refractivity contribution in [3.63, 3.8) is 0 Å². The van der Waals surface area contributed by atoms with Gasteiger partial charge < -0.3 is 24.7 Å². The number of hydrogen-bond acceptors (Lipinski definition) is 5. The first-order valence-corrected chi connectivity index (χ1v) is 7.67. The van der Waals surface area contributed by atoms with Crippen molar-refractivity contribution in [2.75, 3.05) is 25.1 Å². The summed E-state index contributed by atoms with van der Waals surface area (Å²) in [5.74, 6) is -0.201. The van der Waals surface area contributed by atoms with Crippen molar-refractivity contribution in [1.29, 1.82) is 0 Å². The number of aromatic nitrogens is 2. The van der Waals surface area contributed by atoms with Crippen LogP contribution in [0, 0.1) is 0 Å². The van der Waals surface area contributed by atoms with Crippen LogP contribution in [0.4, 0.5) is 5.69 Å². The van der Waals surface area contributed by atoms with Gasteiger partial charge in [-0.25, -0.2) is 4.98 Å². The van der Waals surface area contributed by atoms with Crippen molar-refractivity contribution < 1.29 is 19.1 Å². The van der Waals surface area contributed by atoms with Gasteiger partial charge in [0.25, 0.3) is 0 Å². The van der Waals surface area contributed by atoms with E-state index in [-0.39, 0.29) is 0 Å². The van der Waals surface area contributed by atoms with Crippen molar-refractivity contribution in [2.45, 2.75) is 13.0 Å². The second kappa shape index (κ2) is 7.49. The number of nitrogens with zero attached hydrogens (tertiary/aromatic N) is 2. The van der Waals surface area contributed by atoms with Crippen LogP contribution in [0.5, 0.6) is 11.5 Å². The Morgan fingerprint density at radius 2 is 2.00 bits per heavy atom. The van der Waals surface area contributed by atoms with E-state index in [2.05, 4.69) is 15.6 Å². The maximum atomic E-state index is 11.9. The van der Waals surface area contributed by atoms with Gasteiger partial charge in [-0.2, -0.15) is 0 Å². The maximum Gasteiger partial charge on any atom is 0.313 e. The third-order valence-corrected chi connectivity index (χ3v) is 3.44. The van der Waals surface area contributed by atoms with E-state index in [9.17, 15) is 9.59 Å². The molecule has 0 unspecified atom stereocenters. The van der Waals surface area contributed by atoms with Crippen LogP contribution in [0.1, 0.15) is 6.42 Å². The molecule has 0 aliphatic carbocycles. The maximum absolute atomic E-state index is 11.9. The summed E-state index contributed by atoms with van der Waals surface area (Å²) in [6, 6.07) is 5.00. The van der Waals surface area contributed by atoms with Gasteiger partial charge in [0.1, 0.15) is 13.2 Å². The van der Waals surface area contributed by atoms with Crippen LogP contribution < -0.4 is 20.1 Å². The molecule has 0 saturated heterocycles. The highest BCUT2D eigenvalue weighted by Gasteiger charge is 2.16. The fraction of sp³-hybridized carbons (Fsp3) is 0.312. The second-order valence-corrected chi connectivity index (χ2v) is 5.22. The molecule has 0 fully saturated rings. The minimum absolute atomic E-state index is 0.408. The summed E-state index contributed by atoms with van der Waals surface area (Å²) in [5, 5.41) is 5.13. The highest BCUT2D eigenvalue weighted by Crippen LogP contribution is 2.32. The molecule has 2 N–H and O–H groups in total. The molecule has 0 radical (unpaired) electrons. The van der Waals surface area contributed by atoms with Crippen LogP contribution in [-0.4, -0.2) is 41.1 Å². The van der Waals surface area contributed by atoms with Crippen molar-refractivity contribution in [3.8, 4) is 11.5 Å². The lowest BCUT2D eigenvalue weighted by atomic mass is 10.2. The summed E-state index contributed by atoms with van der Waals surface area (Å²) in [4.78, 5) is 27.6. The predicted octanol–water partition coefficient (Wildman–Crippen LogP) is 0.799. The number of ether oxygens (including phenoxy) is 2. The lowest BCUT2D eigenvalue weighted by Crippen LogP contribution is -2.36. The van der Waals surface area contributed by atoms with Crippen LogP contribution in [-0.2, 0) is 16.1 Å². The Bertz CT molecular complexity index is 715. The van der Waals surface area contributed by atoms with Crippen molar-refractivity contribution in [2.24, 2.45) is 0 Å². The van der Waals surface area contributed by atoms with Gasteiger partial charge in [-0.3, -0.25) is 9.59 Å². The largest absolute Gasteiger partial charge is 0.486 e. The van der Waals surface area contributed by atoms with E-state index in [0.29, 0.717) is 43.4 Å². The number of aryl methyl sites for hydroxylation is 1. The second-order valence-electron chi connectivity index (χ2n) is 5.22. The van der Waals surface area contributed by atoms with Gasteiger partial charge in [0.15, 0.2) is 11.5 Å². The van der Waals surface area contributed by atoms with E-state index in [1.807, 2.05) is 10.8 Å². The summed E-state index contributed by atoms with van der Waals surface area (Å²) in [7, 11) is 0. The molecule has 0 spiro atoms. The van der Waals surface area contributed by atoms with Crippen LogP contribution in [0.15, 0.2) is 36.9 Å². The van der Waals surface area contributed by atoms with E-state index in [1.54, 1.807) is 30.7 Å².